The van der Waals surface area contributed by atoms with Crippen molar-refractivity contribution in [2.75, 3.05) is 0 Å². The number of nitrogens with zero attached hydrogens (tertiary/aromatic N) is 1. The van der Waals surface area contributed by atoms with E-state index in [2.05, 4.69) is 4.98 Å². The minimum absolute atomic E-state index is 0.121. The first-order chi connectivity index (χ1) is 8.16. The molecule has 0 aliphatic heterocycles. The van der Waals surface area contributed by atoms with Gasteiger partial charge in [0.25, 0.3) is 0 Å². The number of aromatic nitrogens is 1. The first-order valence-electron chi connectivity index (χ1n) is 5.27. The molecule has 0 fully saturated rings. The fourth-order valence-corrected chi connectivity index (χ4v) is 1.82. The van der Waals surface area contributed by atoms with Crippen molar-refractivity contribution in [2.45, 2.75) is 12.5 Å². The Kier molecular flexibility index (Phi) is 3.71. The summed E-state index contributed by atoms with van der Waals surface area (Å²) in [6.45, 7) is 0. The Hall–Kier alpha value is -1.45. The molecular formula is C13H12ClFN2. The van der Waals surface area contributed by atoms with Gasteiger partial charge in [0.15, 0.2) is 0 Å². The molecule has 1 aromatic carbocycles. The van der Waals surface area contributed by atoms with E-state index in [9.17, 15) is 4.39 Å². The van der Waals surface area contributed by atoms with Crippen molar-refractivity contribution in [3.8, 4) is 0 Å². The fourth-order valence-electron chi connectivity index (χ4n) is 1.62. The van der Waals surface area contributed by atoms with Crippen LogP contribution in [0.4, 0.5) is 4.39 Å². The maximum atomic E-state index is 13.0. The van der Waals surface area contributed by atoms with Crippen LogP contribution in [0, 0.1) is 5.82 Å². The largest absolute Gasteiger partial charge is 0.322 e. The zero-order valence-electron chi connectivity index (χ0n) is 9.11. The minimum Gasteiger partial charge on any atom is -0.322 e. The molecule has 1 heterocycles. The van der Waals surface area contributed by atoms with Gasteiger partial charge in [-0.05, 0) is 36.2 Å². The average Bonchev–Trinajstić information content (AvgIpc) is 2.35. The van der Waals surface area contributed by atoms with Gasteiger partial charge < -0.3 is 5.73 Å². The van der Waals surface area contributed by atoms with Crippen molar-refractivity contribution >= 4 is 11.6 Å². The molecule has 0 amide bonds. The lowest BCUT2D eigenvalue weighted by molar-refractivity contribution is 0.625. The Labute approximate surface area is 104 Å². The van der Waals surface area contributed by atoms with Crippen molar-refractivity contribution < 1.29 is 4.39 Å². The van der Waals surface area contributed by atoms with Gasteiger partial charge in [0, 0.05) is 6.20 Å². The third kappa shape index (κ3) is 3.02. The zero-order chi connectivity index (χ0) is 12.3. The number of halogens is 2. The van der Waals surface area contributed by atoms with Gasteiger partial charge in [-0.3, -0.25) is 4.98 Å². The zero-order valence-corrected chi connectivity index (χ0v) is 9.86. The van der Waals surface area contributed by atoms with E-state index in [1.807, 2.05) is 18.2 Å². The summed E-state index contributed by atoms with van der Waals surface area (Å²) >= 11 is 5.71. The maximum Gasteiger partial charge on any atom is 0.141 e. The average molecular weight is 251 g/mol. The first-order valence-corrected chi connectivity index (χ1v) is 5.65. The normalized spacial score (nSPS) is 12.4. The Bertz CT molecular complexity index is 502. The highest BCUT2D eigenvalue weighted by Gasteiger charge is 2.09. The fraction of sp³-hybridized carbons (Fsp3) is 0.154. The molecule has 0 aliphatic carbocycles. The summed E-state index contributed by atoms with van der Waals surface area (Å²) in [5.41, 5.74) is 7.73. The molecule has 1 aromatic heterocycles. The molecule has 17 heavy (non-hydrogen) atoms. The smallest absolute Gasteiger partial charge is 0.141 e. The highest BCUT2D eigenvalue weighted by molar-refractivity contribution is 6.30. The second-order valence-corrected chi connectivity index (χ2v) is 4.22. The number of hydrogen-bond acceptors (Lipinski definition) is 2. The Morgan fingerprint density at radius 3 is 2.76 bits per heavy atom. The number of pyridine rings is 1. The molecule has 0 saturated carbocycles. The molecule has 2 N–H and O–H groups in total. The molecule has 88 valence electrons. The van der Waals surface area contributed by atoms with Gasteiger partial charge in [-0.1, -0.05) is 23.7 Å². The van der Waals surface area contributed by atoms with Crippen LogP contribution in [0.15, 0.2) is 42.6 Å². The van der Waals surface area contributed by atoms with E-state index >= 15 is 0 Å². The Morgan fingerprint density at radius 1 is 1.29 bits per heavy atom. The maximum absolute atomic E-state index is 13.0. The third-order valence-corrected chi connectivity index (χ3v) is 2.80. The molecule has 0 saturated heterocycles. The number of nitrogens with two attached hydrogens (primary N) is 1. The van der Waals surface area contributed by atoms with Crippen LogP contribution in [0.3, 0.4) is 0 Å². The number of rotatable bonds is 3. The molecular weight excluding hydrogens is 239 g/mol. The molecule has 4 heteroatoms. The Balaban J connectivity index is 2.13. The summed E-state index contributed by atoms with van der Waals surface area (Å²) in [7, 11) is 0. The summed E-state index contributed by atoms with van der Waals surface area (Å²) < 4.78 is 13.0. The summed E-state index contributed by atoms with van der Waals surface area (Å²) in [6, 6.07) is 10.0. The van der Waals surface area contributed by atoms with Crippen LogP contribution >= 0.6 is 11.6 Å². The van der Waals surface area contributed by atoms with Gasteiger partial charge in [-0.15, -0.1) is 0 Å². The highest BCUT2D eigenvalue weighted by Crippen LogP contribution is 2.19. The molecule has 0 bridgehead atoms. The summed E-state index contributed by atoms with van der Waals surface area (Å²) in [5, 5.41) is 0.121. The van der Waals surface area contributed by atoms with Crippen LogP contribution in [0.1, 0.15) is 17.3 Å². The monoisotopic (exact) mass is 250 g/mol. The van der Waals surface area contributed by atoms with E-state index in [1.54, 1.807) is 18.3 Å². The van der Waals surface area contributed by atoms with Crippen LogP contribution in [-0.4, -0.2) is 4.98 Å². The predicted octanol–water partition coefficient (Wildman–Crippen LogP) is 3.12. The lowest BCUT2D eigenvalue weighted by atomic mass is 10.0. The van der Waals surface area contributed by atoms with Gasteiger partial charge in [0.2, 0.25) is 0 Å². The third-order valence-electron chi connectivity index (χ3n) is 2.51. The molecule has 0 radical (unpaired) electrons. The molecule has 0 aliphatic rings. The number of benzene rings is 1. The van der Waals surface area contributed by atoms with Crippen LogP contribution in [0.25, 0.3) is 0 Å². The lowest BCUT2D eigenvalue weighted by Crippen LogP contribution is -2.14. The van der Waals surface area contributed by atoms with Gasteiger partial charge in [0.05, 0.1) is 16.8 Å². The van der Waals surface area contributed by atoms with Crippen molar-refractivity contribution in [3.05, 3.63) is 64.7 Å². The van der Waals surface area contributed by atoms with Crippen LogP contribution < -0.4 is 5.73 Å². The summed E-state index contributed by atoms with van der Waals surface area (Å²) in [5.74, 6) is -0.415. The van der Waals surface area contributed by atoms with E-state index in [0.29, 0.717) is 6.42 Å². The minimum atomic E-state index is -0.415. The molecule has 2 rings (SSSR count). The first kappa shape index (κ1) is 12.0. The van der Waals surface area contributed by atoms with Crippen LogP contribution in [-0.2, 0) is 6.42 Å². The number of hydrogen-bond donors (Lipinski definition) is 1. The molecule has 0 spiro atoms. The Morgan fingerprint density at radius 2 is 2.12 bits per heavy atom. The lowest BCUT2D eigenvalue weighted by Gasteiger charge is -2.11. The summed E-state index contributed by atoms with van der Waals surface area (Å²) in [6.07, 6.45) is 2.28. The second kappa shape index (κ2) is 5.25. The highest BCUT2D eigenvalue weighted by atomic mass is 35.5. The molecule has 2 nitrogen and oxygen atoms in total. The SMILES string of the molecule is NC(Cc1ccc(F)c(Cl)c1)c1ccccn1. The van der Waals surface area contributed by atoms with Gasteiger partial charge in [-0.2, -0.15) is 0 Å². The van der Waals surface area contributed by atoms with Crippen molar-refractivity contribution in [2.24, 2.45) is 5.73 Å². The van der Waals surface area contributed by atoms with Crippen molar-refractivity contribution in [1.82, 2.24) is 4.98 Å². The standard InChI is InChI=1S/C13H12ClFN2/c14-10-7-9(4-5-11(10)15)8-12(16)13-3-1-2-6-17-13/h1-7,12H,8,16H2. The molecule has 1 atom stereocenters. The predicted molar refractivity (Wildman–Crippen MR) is 66.3 cm³/mol. The van der Waals surface area contributed by atoms with Crippen LogP contribution in [0.5, 0.6) is 0 Å². The van der Waals surface area contributed by atoms with E-state index in [-0.39, 0.29) is 11.1 Å². The summed E-state index contributed by atoms with van der Waals surface area (Å²) in [4.78, 5) is 4.18. The molecule has 1 unspecified atom stereocenters. The van der Waals surface area contributed by atoms with Crippen LogP contribution in [0.2, 0.25) is 5.02 Å². The van der Waals surface area contributed by atoms with E-state index in [0.717, 1.165) is 11.3 Å². The topological polar surface area (TPSA) is 38.9 Å². The molecule has 2 aromatic rings. The second-order valence-electron chi connectivity index (χ2n) is 3.81. The van der Waals surface area contributed by atoms with Gasteiger partial charge >= 0.3 is 0 Å². The van der Waals surface area contributed by atoms with Gasteiger partial charge in [0.1, 0.15) is 5.82 Å². The van der Waals surface area contributed by atoms with E-state index in [1.165, 1.54) is 6.07 Å². The van der Waals surface area contributed by atoms with E-state index in [4.69, 9.17) is 17.3 Å². The van der Waals surface area contributed by atoms with Gasteiger partial charge in [-0.25, -0.2) is 4.39 Å². The van der Waals surface area contributed by atoms with E-state index < -0.39 is 5.82 Å². The quantitative estimate of drug-likeness (QED) is 0.909. The van der Waals surface area contributed by atoms with Crippen molar-refractivity contribution in [1.29, 1.82) is 0 Å². The van der Waals surface area contributed by atoms with Crippen molar-refractivity contribution in [3.63, 3.8) is 0 Å².